The van der Waals surface area contributed by atoms with Crippen LogP contribution in [-0.4, -0.2) is 48.6 Å². The first-order valence-electron chi connectivity index (χ1n) is 6.87. The second-order valence-electron chi connectivity index (χ2n) is 5.23. The Morgan fingerprint density at radius 2 is 2.21 bits per heavy atom. The molecule has 2 aromatic heterocycles. The predicted octanol–water partition coefficient (Wildman–Crippen LogP) is 0.948. The number of hydrogen-bond donors (Lipinski definition) is 0. The molecule has 0 radical (unpaired) electrons. The largest absolute Gasteiger partial charge is 0.297 e. The molecule has 1 aliphatic heterocycles. The molecule has 3 rings (SSSR count). The topological polar surface area (TPSA) is 51.8 Å². The molecule has 0 aromatic carbocycles. The van der Waals surface area contributed by atoms with E-state index >= 15 is 0 Å². The van der Waals surface area contributed by atoms with E-state index in [0.29, 0.717) is 6.04 Å². The molecule has 102 valence electrons. The normalized spacial score (nSPS) is 20.2. The number of rotatable bonds is 5. The van der Waals surface area contributed by atoms with Gasteiger partial charge in [0.1, 0.15) is 12.7 Å². The van der Waals surface area contributed by atoms with Crippen LogP contribution >= 0.6 is 0 Å². The lowest BCUT2D eigenvalue weighted by Gasteiger charge is -2.24. The molecule has 0 saturated carbocycles. The molecule has 1 saturated heterocycles. The minimum absolute atomic E-state index is 0.600. The summed E-state index contributed by atoms with van der Waals surface area (Å²) >= 11 is 0. The summed E-state index contributed by atoms with van der Waals surface area (Å²) in [6, 6.07) is 0.600. The highest BCUT2D eigenvalue weighted by molar-refractivity contribution is 4.99. The highest BCUT2D eigenvalue weighted by Crippen LogP contribution is 2.18. The van der Waals surface area contributed by atoms with Gasteiger partial charge in [-0.3, -0.25) is 14.3 Å². The van der Waals surface area contributed by atoms with Gasteiger partial charge in [0, 0.05) is 18.8 Å². The van der Waals surface area contributed by atoms with Crippen molar-refractivity contribution in [2.45, 2.75) is 38.9 Å². The average Bonchev–Trinajstić information content (AvgIpc) is 3.10. The number of likely N-dealkylation sites (tertiary alicyclic amines) is 1. The van der Waals surface area contributed by atoms with Crippen molar-refractivity contribution in [3.05, 3.63) is 30.6 Å². The maximum atomic E-state index is 4.39. The molecule has 0 amide bonds. The van der Waals surface area contributed by atoms with E-state index in [1.54, 1.807) is 12.7 Å². The summed E-state index contributed by atoms with van der Waals surface area (Å²) in [5.74, 6) is 0. The summed E-state index contributed by atoms with van der Waals surface area (Å²) < 4.78 is 3.96. The van der Waals surface area contributed by atoms with Crippen molar-refractivity contribution in [3.63, 3.8) is 0 Å². The van der Waals surface area contributed by atoms with Crippen molar-refractivity contribution >= 4 is 0 Å². The van der Waals surface area contributed by atoms with Gasteiger partial charge in [-0.1, -0.05) is 0 Å². The summed E-state index contributed by atoms with van der Waals surface area (Å²) in [7, 11) is 0. The van der Waals surface area contributed by atoms with Gasteiger partial charge >= 0.3 is 0 Å². The maximum Gasteiger partial charge on any atom is 0.137 e. The first-order valence-corrected chi connectivity index (χ1v) is 6.87. The van der Waals surface area contributed by atoms with Crippen LogP contribution in [0, 0.1) is 6.92 Å². The Kier molecular flexibility index (Phi) is 3.59. The molecule has 1 aliphatic rings. The summed E-state index contributed by atoms with van der Waals surface area (Å²) in [4.78, 5) is 6.52. The first-order chi connectivity index (χ1) is 9.31. The number of nitrogens with zero attached hydrogens (tertiary/aromatic N) is 6. The fraction of sp³-hybridized carbons (Fsp3) is 0.615. The summed E-state index contributed by atoms with van der Waals surface area (Å²) in [5.41, 5.74) is 1.23. The van der Waals surface area contributed by atoms with Gasteiger partial charge < -0.3 is 0 Å². The van der Waals surface area contributed by atoms with E-state index in [1.807, 2.05) is 10.9 Å². The van der Waals surface area contributed by atoms with Crippen LogP contribution in [0.15, 0.2) is 25.0 Å². The van der Waals surface area contributed by atoms with Crippen molar-refractivity contribution in [2.75, 3.05) is 13.1 Å². The third-order valence-corrected chi connectivity index (χ3v) is 3.74. The summed E-state index contributed by atoms with van der Waals surface area (Å²) in [5, 5.41) is 8.54. The van der Waals surface area contributed by atoms with E-state index in [2.05, 4.69) is 37.9 Å². The molecule has 0 aliphatic carbocycles. The Hall–Kier alpha value is -1.69. The molecule has 0 N–H and O–H groups in total. The zero-order valence-corrected chi connectivity index (χ0v) is 11.3. The van der Waals surface area contributed by atoms with Gasteiger partial charge in [-0.05, 0) is 31.9 Å². The molecule has 2 aromatic rings. The zero-order chi connectivity index (χ0) is 13.1. The molecular formula is C13H20N6. The van der Waals surface area contributed by atoms with Crippen LogP contribution in [0.25, 0.3) is 0 Å². The minimum Gasteiger partial charge on any atom is -0.297 e. The van der Waals surface area contributed by atoms with E-state index in [9.17, 15) is 0 Å². The van der Waals surface area contributed by atoms with Gasteiger partial charge in [0.05, 0.1) is 19.3 Å². The van der Waals surface area contributed by atoms with Crippen molar-refractivity contribution in [1.82, 2.24) is 29.4 Å². The zero-order valence-electron chi connectivity index (χ0n) is 11.3. The van der Waals surface area contributed by atoms with Gasteiger partial charge in [-0.2, -0.15) is 10.2 Å². The Labute approximate surface area is 113 Å². The third-order valence-electron chi connectivity index (χ3n) is 3.74. The maximum absolute atomic E-state index is 4.39. The molecule has 0 bridgehead atoms. The quantitative estimate of drug-likeness (QED) is 0.803. The number of aromatic nitrogens is 5. The number of aryl methyl sites for hydroxylation is 1. The van der Waals surface area contributed by atoms with Crippen LogP contribution in [-0.2, 0) is 13.1 Å². The fourth-order valence-corrected chi connectivity index (χ4v) is 2.76. The van der Waals surface area contributed by atoms with Crippen LogP contribution in [0.3, 0.4) is 0 Å². The Bertz CT molecular complexity index is 503. The Morgan fingerprint density at radius 3 is 2.95 bits per heavy atom. The fourth-order valence-electron chi connectivity index (χ4n) is 2.76. The van der Waals surface area contributed by atoms with Crippen LogP contribution in [0.4, 0.5) is 0 Å². The SMILES string of the molecule is Cc1cnn(CC2CCCN2CCn2cncn2)c1. The summed E-state index contributed by atoms with van der Waals surface area (Å²) in [6.07, 6.45) is 9.96. The van der Waals surface area contributed by atoms with E-state index in [-0.39, 0.29) is 0 Å². The molecule has 1 unspecified atom stereocenters. The van der Waals surface area contributed by atoms with Crippen molar-refractivity contribution in [1.29, 1.82) is 0 Å². The molecular weight excluding hydrogens is 240 g/mol. The molecule has 1 fully saturated rings. The van der Waals surface area contributed by atoms with Crippen LogP contribution in [0.1, 0.15) is 18.4 Å². The minimum atomic E-state index is 0.600. The predicted molar refractivity (Wildman–Crippen MR) is 71.6 cm³/mol. The lowest BCUT2D eigenvalue weighted by Crippen LogP contribution is -2.35. The average molecular weight is 260 g/mol. The monoisotopic (exact) mass is 260 g/mol. The molecule has 6 nitrogen and oxygen atoms in total. The molecule has 6 heteroatoms. The van der Waals surface area contributed by atoms with E-state index in [4.69, 9.17) is 0 Å². The second kappa shape index (κ2) is 5.52. The lowest BCUT2D eigenvalue weighted by atomic mass is 10.2. The van der Waals surface area contributed by atoms with Gasteiger partial charge in [-0.15, -0.1) is 0 Å². The van der Waals surface area contributed by atoms with E-state index < -0.39 is 0 Å². The highest BCUT2D eigenvalue weighted by atomic mass is 15.3. The standard InChI is InChI=1S/C13H20N6/c1-12-7-15-19(8-12)9-13-3-2-4-17(13)5-6-18-11-14-10-16-18/h7-8,10-11,13H,2-6,9H2,1H3. The van der Waals surface area contributed by atoms with Crippen molar-refractivity contribution in [3.8, 4) is 0 Å². The second-order valence-corrected chi connectivity index (χ2v) is 5.23. The molecule has 19 heavy (non-hydrogen) atoms. The molecule has 1 atom stereocenters. The van der Waals surface area contributed by atoms with Gasteiger partial charge in [-0.25, -0.2) is 4.98 Å². The van der Waals surface area contributed by atoms with E-state index in [0.717, 1.165) is 19.6 Å². The first kappa shape index (κ1) is 12.3. The Balaban J connectivity index is 1.55. The number of hydrogen-bond acceptors (Lipinski definition) is 4. The smallest absolute Gasteiger partial charge is 0.137 e. The summed E-state index contributed by atoms with van der Waals surface area (Å²) in [6.45, 7) is 6.20. The van der Waals surface area contributed by atoms with Crippen LogP contribution in [0.2, 0.25) is 0 Å². The molecule has 3 heterocycles. The van der Waals surface area contributed by atoms with E-state index in [1.165, 1.54) is 24.9 Å². The van der Waals surface area contributed by atoms with Crippen LogP contribution < -0.4 is 0 Å². The third kappa shape index (κ3) is 3.01. The van der Waals surface area contributed by atoms with Gasteiger partial charge in [0.25, 0.3) is 0 Å². The Morgan fingerprint density at radius 1 is 1.26 bits per heavy atom. The van der Waals surface area contributed by atoms with Gasteiger partial charge in [0.15, 0.2) is 0 Å². The lowest BCUT2D eigenvalue weighted by molar-refractivity contribution is 0.216. The van der Waals surface area contributed by atoms with Crippen molar-refractivity contribution in [2.24, 2.45) is 0 Å². The highest BCUT2D eigenvalue weighted by Gasteiger charge is 2.24. The van der Waals surface area contributed by atoms with Crippen LogP contribution in [0.5, 0.6) is 0 Å². The molecule has 0 spiro atoms. The van der Waals surface area contributed by atoms with Crippen molar-refractivity contribution < 1.29 is 0 Å². The van der Waals surface area contributed by atoms with Gasteiger partial charge in [0.2, 0.25) is 0 Å².